The van der Waals surface area contributed by atoms with E-state index in [1.54, 1.807) is 13.8 Å². The van der Waals surface area contributed by atoms with Crippen LogP contribution in [0.4, 0.5) is 0 Å². The van der Waals surface area contributed by atoms with Crippen LogP contribution in [0.15, 0.2) is 0 Å². The summed E-state index contributed by atoms with van der Waals surface area (Å²) in [5, 5.41) is 13.2. The minimum atomic E-state index is -0.815. The van der Waals surface area contributed by atoms with Crippen molar-refractivity contribution in [2.45, 2.75) is 64.6 Å². The molecule has 6 nitrogen and oxygen atoms in total. The second kappa shape index (κ2) is 10.0. The van der Waals surface area contributed by atoms with E-state index in [4.69, 9.17) is 10.5 Å². The third kappa shape index (κ3) is 5.41. The molecule has 0 saturated heterocycles. The maximum atomic E-state index is 11.8. The maximum Gasteiger partial charge on any atom is 0.309 e. The molecule has 1 amide bonds. The van der Waals surface area contributed by atoms with Crippen LogP contribution in [-0.4, -0.2) is 41.8 Å². The van der Waals surface area contributed by atoms with Gasteiger partial charge in [0.05, 0.1) is 24.7 Å². The van der Waals surface area contributed by atoms with Crippen LogP contribution in [0.5, 0.6) is 0 Å². The van der Waals surface area contributed by atoms with Crippen LogP contribution in [0.25, 0.3) is 0 Å². The molecule has 0 aromatic carbocycles. The largest absolute Gasteiger partial charge is 0.466 e. The van der Waals surface area contributed by atoms with Gasteiger partial charge in [-0.05, 0) is 32.1 Å². The number of carbonyl (C=O) groups is 2. The highest BCUT2D eigenvalue weighted by Crippen LogP contribution is 2.31. The molecule has 1 aliphatic rings. The molecule has 0 aromatic rings. The van der Waals surface area contributed by atoms with Gasteiger partial charge in [-0.15, -0.1) is 12.4 Å². The molecule has 0 radical (unpaired) electrons. The third-order valence-corrected chi connectivity index (χ3v) is 4.23. The molecule has 0 heterocycles. The summed E-state index contributed by atoms with van der Waals surface area (Å²) >= 11 is 0. The highest BCUT2D eigenvalue weighted by molar-refractivity contribution is 5.85. The summed E-state index contributed by atoms with van der Waals surface area (Å²) in [6.45, 7) is 5.78. The van der Waals surface area contributed by atoms with E-state index in [-0.39, 0.29) is 36.2 Å². The number of hydrogen-bond acceptors (Lipinski definition) is 5. The molecule has 0 spiro atoms. The maximum absolute atomic E-state index is 11.8. The molecule has 0 aliphatic heterocycles. The van der Waals surface area contributed by atoms with Gasteiger partial charge >= 0.3 is 5.97 Å². The van der Waals surface area contributed by atoms with Gasteiger partial charge in [0, 0.05) is 12.5 Å². The van der Waals surface area contributed by atoms with Crippen LogP contribution in [-0.2, 0) is 14.3 Å². The van der Waals surface area contributed by atoms with Gasteiger partial charge in [-0.1, -0.05) is 13.8 Å². The Labute approximate surface area is 138 Å². The SMILES string of the molecule is CCCC(=O)NC1CCC(C(C)C(=O)OCC)C(O)C1N.Cl. The molecule has 1 fully saturated rings. The molecule has 0 aromatic heterocycles. The summed E-state index contributed by atoms with van der Waals surface area (Å²) in [5.74, 6) is -0.957. The van der Waals surface area contributed by atoms with Gasteiger partial charge in [-0.25, -0.2) is 0 Å². The lowest BCUT2D eigenvalue weighted by atomic mass is 9.74. The monoisotopic (exact) mass is 336 g/mol. The van der Waals surface area contributed by atoms with Crippen LogP contribution >= 0.6 is 12.4 Å². The van der Waals surface area contributed by atoms with Gasteiger partial charge in [0.1, 0.15) is 0 Å². The average molecular weight is 337 g/mol. The third-order valence-electron chi connectivity index (χ3n) is 4.23. The zero-order chi connectivity index (χ0) is 16.0. The zero-order valence-electron chi connectivity index (χ0n) is 13.6. The topological polar surface area (TPSA) is 102 Å². The van der Waals surface area contributed by atoms with Crippen molar-refractivity contribution < 1.29 is 19.4 Å². The van der Waals surface area contributed by atoms with Crippen molar-refractivity contribution in [3.05, 3.63) is 0 Å². The van der Waals surface area contributed by atoms with E-state index in [0.29, 0.717) is 25.9 Å². The lowest BCUT2D eigenvalue weighted by Crippen LogP contribution is -2.59. The number of nitrogens with one attached hydrogen (secondary N) is 1. The molecule has 5 atom stereocenters. The first kappa shape index (κ1) is 21.1. The van der Waals surface area contributed by atoms with Crippen LogP contribution in [0.2, 0.25) is 0 Å². The number of nitrogens with two attached hydrogens (primary N) is 1. The fourth-order valence-electron chi connectivity index (χ4n) is 2.93. The molecule has 4 N–H and O–H groups in total. The Morgan fingerprint density at radius 1 is 1.36 bits per heavy atom. The standard InChI is InChI=1S/C15H28N2O4.ClH/c1-4-6-12(18)17-11-8-7-10(14(19)13(11)16)9(3)15(20)21-5-2;/h9-11,13-14,19H,4-8,16H2,1-3H3,(H,17,18);1H. The van der Waals surface area contributed by atoms with Crippen molar-refractivity contribution in [3.8, 4) is 0 Å². The predicted molar refractivity (Wildman–Crippen MR) is 86.6 cm³/mol. The van der Waals surface area contributed by atoms with Gasteiger partial charge in [-0.2, -0.15) is 0 Å². The van der Waals surface area contributed by atoms with E-state index in [1.165, 1.54) is 0 Å². The van der Waals surface area contributed by atoms with E-state index in [9.17, 15) is 14.7 Å². The van der Waals surface area contributed by atoms with Gasteiger partial charge in [-0.3, -0.25) is 9.59 Å². The summed E-state index contributed by atoms with van der Waals surface area (Å²) in [6, 6.07) is -0.786. The number of esters is 1. The fraction of sp³-hybridized carbons (Fsp3) is 0.867. The molecule has 7 heteroatoms. The Bertz CT molecular complexity index is 367. The van der Waals surface area contributed by atoms with Crippen molar-refractivity contribution in [2.24, 2.45) is 17.6 Å². The molecule has 22 heavy (non-hydrogen) atoms. The van der Waals surface area contributed by atoms with E-state index < -0.39 is 18.1 Å². The summed E-state index contributed by atoms with van der Waals surface area (Å²) in [5.41, 5.74) is 6.05. The average Bonchev–Trinajstić information content (AvgIpc) is 2.44. The van der Waals surface area contributed by atoms with Gasteiger partial charge in [0.15, 0.2) is 0 Å². The molecule has 130 valence electrons. The van der Waals surface area contributed by atoms with Crippen LogP contribution in [0.3, 0.4) is 0 Å². The smallest absolute Gasteiger partial charge is 0.309 e. The van der Waals surface area contributed by atoms with Gasteiger partial charge < -0.3 is 20.9 Å². The molecular formula is C15H29ClN2O4. The number of aliphatic hydroxyl groups excluding tert-OH is 1. The fourth-order valence-corrected chi connectivity index (χ4v) is 2.93. The van der Waals surface area contributed by atoms with Crippen molar-refractivity contribution in [1.82, 2.24) is 5.32 Å². The normalized spacial score (nSPS) is 29.1. The zero-order valence-corrected chi connectivity index (χ0v) is 14.4. The summed E-state index contributed by atoms with van der Waals surface area (Å²) in [6.07, 6.45) is 1.74. The van der Waals surface area contributed by atoms with E-state index in [2.05, 4.69) is 5.32 Å². The van der Waals surface area contributed by atoms with Crippen LogP contribution < -0.4 is 11.1 Å². The molecule has 1 aliphatic carbocycles. The second-order valence-electron chi connectivity index (χ2n) is 5.77. The van der Waals surface area contributed by atoms with Crippen molar-refractivity contribution in [1.29, 1.82) is 0 Å². The number of rotatable bonds is 6. The lowest BCUT2D eigenvalue weighted by molar-refractivity contribution is -0.152. The Balaban J connectivity index is 0.00000441. The first-order valence-corrected chi connectivity index (χ1v) is 7.81. The highest BCUT2D eigenvalue weighted by atomic mass is 35.5. The Kier molecular flexibility index (Phi) is 9.64. The van der Waals surface area contributed by atoms with E-state index >= 15 is 0 Å². The minimum absolute atomic E-state index is 0. The van der Waals surface area contributed by atoms with Crippen molar-refractivity contribution in [2.75, 3.05) is 6.61 Å². The van der Waals surface area contributed by atoms with Crippen molar-refractivity contribution >= 4 is 24.3 Å². The number of carbonyl (C=O) groups excluding carboxylic acids is 2. The highest BCUT2D eigenvalue weighted by Gasteiger charge is 2.41. The molecule has 5 unspecified atom stereocenters. The Hall–Kier alpha value is -0.850. The first-order valence-electron chi connectivity index (χ1n) is 7.81. The first-order chi connectivity index (χ1) is 9.92. The second-order valence-corrected chi connectivity index (χ2v) is 5.77. The van der Waals surface area contributed by atoms with Crippen LogP contribution in [0, 0.1) is 11.8 Å². The molecule has 1 rings (SSSR count). The van der Waals surface area contributed by atoms with E-state index in [0.717, 1.165) is 6.42 Å². The lowest BCUT2D eigenvalue weighted by Gasteiger charge is -2.40. The summed E-state index contributed by atoms with van der Waals surface area (Å²) in [7, 11) is 0. The molecular weight excluding hydrogens is 308 g/mol. The minimum Gasteiger partial charge on any atom is -0.466 e. The number of hydrogen-bond donors (Lipinski definition) is 3. The Morgan fingerprint density at radius 2 is 2.00 bits per heavy atom. The predicted octanol–water partition coefficient (Wildman–Crippen LogP) is 0.990. The number of amides is 1. The van der Waals surface area contributed by atoms with E-state index in [1.807, 2.05) is 6.92 Å². The summed E-state index contributed by atoms with van der Waals surface area (Å²) in [4.78, 5) is 23.4. The quantitative estimate of drug-likeness (QED) is 0.628. The van der Waals surface area contributed by atoms with Crippen LogP contribution in [0.1, 0.15) is 46.5 Å². The Morgan fingerprint density at radius 3 is 2.55 bits per heavy atom. The van der Waals surface area contributed by atoms with Gasteiger partial charge in [0.25, 0.3) is 0 Å². The summed E-state index contributed by atoms with van der Waals surface area (Å²) < 4.78 is 5.00. The number of halogens is 1. The van der Waals surface area contributed by atoms with Crippen molar-refractivity contribution in [3.63, 3.8) is 0 Å². The molecule has 0 bridgehead atoms. The van der Waals surface area contributed by atoms with Gasteiger partial charge in [0.2, 0.25) is 5.91 Å². The number of aliphatic hydroxyl groups is 1. The molecule has 1 saturated carbocycles. The number of ether oxygens (including phenoxy) is 1.